The molecule has 6 heteroatoms. The minimum atomic E-state index is -0.490. The number of nitrogens with two attached hydrogens (primary N) is 1. The van der Waals surface area contributed by atoms with Crippen LogP contribution in [0.15, 0.2) is 54.6 Å². The van der Waals surface area contributed by atoms with Gasteiger partial charge in [0, 0.05) is 18.5 Å². The lowest BCUT2D eigenvalue weighted by Crippen LogP contribution is -2.22. The average Bonchev–Trinajstić information content (AvgIpc) is 2.75. The summed E-state index contributed by atoms with van der Waals surface area (Å²) in [5.74, 6) is -0.709. The largest absolute Gasteiger partial charge is 0.366 e. The Hall–Kier alpha value is -3.54. The predicted octanol–water partition coefficient (Wildman–Crippen LogP) is 4.24. The van der Waals surface area contributed by atoms with Gasteiger partial charge in [-0.15, -0.1) is 0 Å². The number of hydrogen-bond acceptors (Lipinski definition) is 3. The summed E-state index contributed by atoms with van der Waals surface area (Å²) >= 11 is 0. The zero-order valence-electron chi connectivity index (χ0n) is 17.7. The Morgan fingerprint density at radius 2 is 1.71 bits per heavy atom. The maximum absolute atomic E-state index is 13.3. The molecule has 0 aliphatic rings. The minimum absolute atomic E-state index is 0.0118. The van der Waals surface area contributed by atoms with Crippen LogP contribution in [0.5, 0.6) is 0 Å². The number of nitrogens with zero attached hydrogens (tertiary/aromatic N) is 1. The Morgan fingerprint density at radius 1 is 1.00 bits per heavy atom. The third-order valence-corrected chi connectivity index (χ3v) is 5.18. The molecule has 31 heavy (non-hydrogen) atoms. The molecule has 3 aromatic rings. The molecule has 0 atom stereocenters. The highest BCUT2D eigenvalue weighted by Crippen LogP contribution is 2.20. The smallest absolute Gasteiger partial charge is 0.250 e. The molecule has 0 unspecified atom stereocenters. The van der Waals surface area contributed by atoms with Crippen molar-refractivity contribution in [2.45, 2.75) is 39.7 Å². The van der Waals surface area contributed by atoms with Gasteiger partial charge in [0.15, 0.2) is 0 Å². The van der Waals surface area contributed by atoms with Gasteiger partial charge in [0.1, 0.15) is 5.82 Å². The van der Waals surface area contributed by atoms with Crippen LogP contribution in [0, 0.1) is 19.7 Å². The maximum Gasteiger partial charge on any atom is 0.250 e. The second kappa shape index (κ2) is 9.98. The van der Waals surface area contributed by atoms with Crippen LogP contribution in [0.2, 0.25) is 0 Å². The monoisotopic (exact) mass is 419 g/mol. The van der Waals surface area contributed by atoms with E-state index < -0.39 is 5.91 Å². The first-order chi connectivity index (χ1) is 14.8. The SMILES string of the molecule is Cc1cc(CCCC(=O)NCc2ccc(-c3ccc(C(N)=O)c(C)n3)cc2)ccc1F. The first-order valence-corrected chi connectivity index (χ1v) is 10.2. The molecule has 3 rings (SSSR count). The topological polar surface area (TPSA) is 85.1 Å². The molecular formula is C25H26FN3O2. The van der Waals surface area contributed by atoms with Crippen LogP contribution < -0.4 is 11.1 Å². The van der Waals surface area contributed by atoms with E-state index in [4.69, 9.17) is 5.73 Å². The van der Waals surface area contributed by atoms with E-state index in [9.17, 15) is 14.0 Å². The molecule has 0 fully saturated rings. The molecule has 2 aromatic carbocycles. The van der Waals surface area contributed by atoms with Gasteiger partial charge in [0.25, 0.3) is 5.91 Å². The Bertz CT molecular complexity index is 1090. The number of aromatic nitrogens is 1. The zero-order valence-corrected chi connectivity index (χ0v) is 17.7. The average molecular weight is 420 g/mol. The van der Waals surface area contributed by atoms with Crippen LogP contribution in [0.4, 0.5) is 4.39 Å². The number of aryl methyl sites for hydroxylation is 3. The Balaban J connectivity index is 1.48. The molecular weight excluding hydrogens is 393 g/mol. The second-order valence-electron chi connectivity index (χ2n) is 7.60. The van der Waals surface area contributed by atoms with Crippen molar-refractivity contribution < 1.29 is 14.0 Å². The third-order valence-electron chi connectivity index (χ3n) is 5.18. The molecule has 1 heterocycles. The van der Waals surface area contributed by atoms with Gasteiger partial charge in [-0.3, -0.25) is 14.6 Å². The molecule has 0 saturated carbocycles. The molecule has 0 spiro atoms. The molecule has 0 bridgehead atoms. The predicted molar refractivity (Wildman–Crippen MR) is 119 cm³/mol. The highest BCUT2D eigenvalue weighted by molar-refractivity contribution is 5.94. The lowest BCUT2D eigenvalue weighted by atomic mass is 10.0. The highest BCUT2D eigenvalue weighted by Gasteiger charge is 2.09. The van der Waals surface area contributed by atoms with Crippen molar-refractivity contribution in [1.29, 1.82) is 0 Å². The van der Waals surface area contributed by atoms with E-state index >= 15 is 0 Å². The van der Waals surface area contributed by atoms with Crippen LogP contribution in [0.1, 0.15) is 45.6 Å². The standard InChI is InChI=1S/C25H26FN3O2/c1-16-14-18(8-12-22(16)26)4-3-5-24(30)28-15-19-6-9-20(10-7-19)23-13-11-21(25(27)31)17(2)29-23/h6-14H,3-5,15H2,1-2H3,(H2,27,31)(H,28,30). The number of benzene rings is 2. The van der Waals surface area contributed by atoms with Crippen molar-refractivity contribution in [3.05, 3.63) is 88.4 Å². The summed E-state index contributed by atoms with van der Waals surface area (Å²) in [6, 6.07) is 16.3. The third kappa shape index (κ3) is 5.98. The number of hydrogen-bond donors (Lipinski definition) is 2. The van der Waals surface area contributed by atoms with Crippen molar-refractivity contribution >= 4 is 11.8 Å². The molecule has 5 nitrogen and oxygen atoms in total. The molecule has 160 valence electrons. The normalized spacial score (nSPS) is 10.7. The Labute approximate surface area is 181 Å². The molecule has 0 aliphatic heterocycles. The van der Waals surface area contributed by atoms with E-state index in [1.165, 1.54) is 6.07 Å². The summed E-state index contributed by atoms with van der Waals surface area (Å²) < 4.78 is 13.3. The molecule has 2 amide bonds. The number of carbonyl (C=O) groups excluding carboxylic acids is 2. The van der Waals surface area contributed by atoms with Crippen LogP contribution in [-0.4, -0.2) is 16.8 Å². The fraction of sp³-hybridized carbons (Fsp3) is 0.240. The van der Waals surface area contributed by atoms with Crippen molar-refractivity contribution in [2.75, 3.05) is 0 Å². The van der Waals surface area contributed by atoms with E-state index in [1.807, 2.05) is 30.3 Å². The molecule has 0 aliphatic carbocycles. The molecule has 1 aromatic heterocycles. The number of pyridine rings is 1. The lowest BCUT2D eigenvalue weighted by molar-refractivity contribution is -0.121. The Morgan fingerprint density at radius 3 is 2.35 bits per heavy atom. The summed E-state index contributed by atoms with van der Waals surface area (Å²) in [6.07, 6.45) is 1.87. The van der Waals surface area contributed by atoms with Crippen molar-refractivity contribution in [3.63, 3.8) is 0 Å². The zero-order chi connectivity index (χ0) is 22.4. The number of carbonyl (C=O) groups is 2. The fourth-order valence-electron chi connectivity index (χ4n) is 3.38. The molecule has 0 saturated heterocycles. The van der Waals surface area contributed by atoms with Gasteiger partial charge < -0.3 is 11.1 Å². The van der Waals surface area contributed by atoms with Crippen LogP contribution >= 0.6 is 0 Å². The first kappa shape index (κ1) is 22.2. The van der Waals surface area contributed by atoms with Gasteiger partial charge >= 0.3 is 0 Å². The minimum Gasteiger partial charge on any atom is -0.366 e. The van der Waals surface area contributed by atoms with Crippen LogP contribution in [-0.2, 0) is 17.8 Å². The van der Waals surface area contributed by atoms with Gasteiger partial charge in [0.2, 0.25) is 5.91 Å². The number of nitrogens with one attached hydrogen (secondary N) is 1. The molecule has 3 N–H and O–H groups in total. The van der Waals surface area contributed by atoms with E-state index in [2.05, 4.69) is 10.3 Å². The number of primary amides is 1. The number of amides is 2. The van der Waals surface area contributed by atoms with Crippen molar-refractivity contribution in [3.8, 4) is 11.3 Å². The van der Waals surface area contributed by atoms with Crippen LogP contribution in [0.25, 0.3) is 11.3 Å². The fourth-order valence-corrected chi connectivity index (χ4v) is 3.38. The van der Waals surface area contributed by atoms with Crippen molar-refractivity contribution in [2.24, 2.45) is 5.73 Å². The summed E-state index contributed by atoms with van der Waals surface area (Å²) in [6.45, 7) is 3.94. The van der Waals surface area contributed by atoms with Gasteiger partial charge in [-0.05, 0) is 61.6 Å². The van der Waals surface area contributed by atoms with E-state index in [-0.39, 0.29) is 11.7 Å². The summed E-state index contributed by atoms with van der Waals surface area (Å²) in [5.41, 5.74) is 10.7. The quantitative estimate of drug-likeness (QED) is 0.573. The lowest BCUT2D eigenvalue weighted by Gasteiger charge is -2.08. The second-order valence-corrected chi connectivity index (χ2v) is 7.60. The number of halogens is 1. The first-order valence-electron chi connectivity index (χ1n) is 10.2. The summed E-state index contributed by atoms with van der Waals surface area (Å²) in [4.78, 5) is 27.9. The Kier molecular flexibility index (Phi) is 7.13. The van der Waals surface area contributed by atoms with Gasteiger partial charge in [-0.2, -0.15) is 0 Å². The maximum atomic E-state index is 13.3. The molecule has 0 radical (unpaired) electrons. The van der Waals surface area contributed by atoms with E-state index in [0.29, 0.717) is 36.2 Å². The van der Waals surface area contributed by atoms with E-state index in [1.54, 1.807) is 32.0 Å². The summed E-state index contributed by atoms with van der Waals surface area (Å²) in [5, 5.41) is 2.93. The van der Waals surface area contributed by atoms with Crippen LogP contribution in [0.3, 0.4) is 0 Å². The van der Waals surface area contributed by atoms with Gasteiger partial charge in [-0.1, -0.05) is 36.4 Å². The van der Waals surface area contributed by atoms with E-state index in [0.717, 1.165) is 28.8 Å². The van der Waals surface area contributed by atoms with Gasteiger partial charge in [0.05, 0.1) is 17.0 Å². The number of rotatable bonds is 8. The summed E-state index contributed by atoms with van der Waals surface area (Å²) in [7, 11) is 0. The van der Waals surface area contributed by atoms with Gasteiger partial charge in [-0.25, -0.2) is 4.39 Å². The van der Waals surface area contributed by atoms with Crippen molar-refractivity contribution in [1.82, 2.24) is 10.3 Å². The highest BCUT2D eigenvalue weighted by atomic mass is 19.1.